The van der Waals surface area contributed by atoms with Crippen molar-refractivity contribution in [1.82, 2.24) is 0 Å². The molecule has 0 heterocycles. The van der Waals surface area contributed by atoms with E-state index < -0.39 is 38.0 Å². The van der Waals surface area contributed by atoms with E-state index in [1.165, 1.54) is 0 Å². The van der Waals surface area contributed by atoms with Gasteiger partial charge >= 0.3 is 22.0 Å². The van der Waals surface area contributed by atoms with E-state index in [0.29, 0.717) is 18.2 Å². The molecule has 1 aromatic rings. The van der Waals surface area contributed by atoms with Gasteiger partial charge in [0.1, 0.15) is 11.5 Å². The highest BCUT2D eigenvalue weighted by Crippen LogP contribution is 2.35. The maximum absolute atomic E-state index is 12.0. The van der Waals surface area contributed by atoms with E-state index in [2.05, 4.69) is 24.8 Å². The molecular weight excluding hydrogens is 386 g/mol. The molecule has 0 fully saturated rings. The van der Waals surface area contributed by atoms with Crippen molar-refractivity contribution in [3.8, 4) is 11.5 Å². The normalized spacial score (nSPS) is 13.2. The third-order valence-electron chi connectivity index (χ3n) is 1.62. The average molecular weight is 389 g/mol. The van der Waals surface area contributed by atoms with Crippen LogP contribution in [-0.4, -0.2) is 20.3 Å². The van der Waals surface area contributed by atoms with Crippen LogP contribution in [0.1, 0.15) is 0 Å². The molecule has 1 aromatic carbocycles. The van der Waals surface area contributed by atoms with Gasteiger partial charge in [0.2, 0.25) is 0 Å². The number of alkyl halides is 6. The van der Waals surface area contributed by atoms with Crippen molar-refractivity contribution < 1.29 is 43.7 Å². The molecule has 0 saturated heterocycles. The molecule has 0 bridgehead atoms. The van der Waals surface area contributed by atoms with Crippen molar-refractivity contribution in [1.29, 1.82) is 0 Å². The Kier molecular flexibility index (Phi) is 4.49. The van der Waals surface area contributed by atoms with Crippen LogP contribution in [0.4, 0.5) is 26.3 Å². The number of rotatable bonds is 3. The monoisotopic (exact) mass is 388 g/mol. The fraction of sp³-hybridized carbons (Fsp3) is 0.250. The van der Waals surface area contributed by atoms with Crippen molar-refractivity contribution in [2.24, 2.45) is 0 Å². The van der Waals surface area contributed by atoms with Crippen LogP contribution in [0.25, 0.3) is 0 Å². The highest BCUT2D eigenvalue weighted by atomic mass is 79.9. The van der Waals surface area contributed by atoms with E-state index in [-0.39, 0.29) is 0 Å². The van der Waals surface area contributed by atoms with Crippen molar-refractivity contribution in [2.75, 3.05) is 0 Å². The summed E-state index contributed by atoms with van der Waals surface area (Å²) >= 11 is 2.58. The van der Waals surface area contributed by atoms with Crippen LogP contribution >= 0.6 is 15.9 Å². The maximum Gasteiger partial charge on any atom is 0.573 e. The first-order chi connectivity index (χ1) is 8.82. The Morgan fingerprint density at radius 2 is 1.60 bits per heavy atom. The Morgan fingerprint density at radius 1 is 1.05 bits per heavy atom. The molecule has 0 aliphatic carbocycles. The van der Waals surface area contributed by atoms with Crippen LogP contribution in [0.15, 0.2) is 22.7 Å². The number of ether oxygens (including phenoxy) is 1. The maximum atomic E-state index is 12.0. The molecule has 1 rings (SSSR count). The Bertz CT molecular complexity index is 594. The van der Waals surface area contributed by atoms with E-state index in [9.17, 15) is 34.8 Å². The second-order valence-electron chi connectivity index (χ2n) is 3.12. The molecular formula is C8H3BrF6O4S. The summed E-state index contributed by atoms with van der Waals surface area (Å²) in [4.78, 5) is 0. The van der Waals surface area contributed by atoms with Crippen LogP contribution in [0, 0.1) is 0 Å². The van der Waals surface area contributed by atoms with Crippen LogP contribution in [0.3, 0.4) is 0 Å². The van der Waals surface area contributed by atoms with Gasteiger partial charge in [-0.2, -0.15) is 21.6 Å². The number of hydrogen-bond donors (Lipinski definition) is 0. The first-order valence-electron chi connectivity index (χ1n) is 4.38. The minimum absolute atomic E-state index is 0.440. The van der Waals surface area contributed by atoms with Gasteiger partial charge in [-0.3, -0.25) is 0 Å². The van der Waals surface area contributed by atoms with E-state index in [0.717, 1.165) is 0 Å². The van der Waals surface area contributed by atoms with E-state index in [1.54, 1.807) is 0 Å². The number of hydrogen-bond acceptors (Lipinski definition) is 4. The van der Waals surface area contributed by atoms with Crippen LogP contribution in [-0.2, 0) is 10.1 Å². The Balaban J connectivity index is 3.00. The van der Waals surface area contributed by atoms with Crippen molar-refractivity contribution in [3.05, 3.63) is 22.7 Å². The largest absolute Gasteiger partial charge is 0.573 e. The van der Waals surface area contributed by atoms with E-state index >= 15 is 0 Å². The summed E-state index contributed by atoms with van der Waals surface area (Å²) in [6, 6.07) is 1.76. The minimum Gasteiger partial charge on any atom is -0.405 e. The molecule has 0 atom stereocenters. The fourth-order valence-corrected chi connectivity index (χ4v) is 1.81. The predicted octanol–water partition coefficient (Wildman–Crippen LogP) is 3.58. The standard InChI is InChI=1S/C8H3BrF6O4S/c9-5-3-4(19-20(16,17)8(13,14)15)1-2-6(5)18-7(10,11)12/h1-3H. The van der Waals surface area contributed by atoms with Crippen LogP contribution in [0.2, 0.25) is 0 Å². The predicted molar refractivity (Wildman–Crippen MR) is 56.4 cm³/mol. The molecule has 0 unspecified atom stereocenters. The third-order valence-corrected chi connectivity index (χ3v) is 3.22. The first kappa shape index (κ1) is 16.9. The second-order valence-corrected chi connectivity index (χ2v) is 5.52. The zero-order valence-electron chi connectivity index (χ0n) is 8.92. The second kappa shape index (κ2) is 5.31. The van der Waals surface area contributed by atoms with Gasteiger partial charge in [0, 0.05) is 0 Å². The highest BCUT2D eigenvalue weighted by Gasteiger charge is 2.48. The summed E-state index contributed by atoms with van der Waals surface area (Å²) in [7, 11) is -5.90. The summed E-state index contributed by atoms with van der Waals surface area (Å²) < 4.78 is 100.0. The smallest absolute Gasteiger partial charge is 0.405 e. The van der Waals surface area contributed by atoms with Crippen molar-refractivity contribution >= 4 is 26.0 Å². The number of benzene rings is 1. The summed E-state index contributed by atoms with van der Waals surface area (Å²) in [5.41, 5.74) is -5.65. The molecule has 0 aromatic heterocycles. The molecule has 0 aliphatic rings. The molecule has 4 nitrogen and oxygen atoms in total. The van der Waals surface area contributed by atoms with E-state index in [4.69, 9.17) is 0 Å². The van der Waals surface area contributed by atoms with Gasteiger partial charge in [-0.25, -0.2) is 0 Å². The first-order valence-corrected chi connectivity index (χ1v) is 6.58. The Hall–Kier alpha value is -1.17. The van der Waals surface area contributed by atoms with Gasteiger partial charge in [-0.15, -0.1) is 13.2 Å². The van der Waals surface area contributed by atoms with Gasteiger partial charge in [-0.1, -0.05) is 0 Å². The molecule has 0 N–H and O–H groups in total. The lowest BCUT2D eigenvalue weighted by atomic mass is 10.3. The quantitative estimate of drug-likeness (QED) is 0.451. The zero-order valence-corrected chi connectivity index (χ0v) is 11.3. The molecule has 0 saturated carbocycles. The van der Waals surface area contributed by atoms with Gasteiger partial charge in [0.05, 0.1) is 4.47 Å². The van der Waals surface area contributed by atoms with Crippen LogP contribution < -0.4 is 8.92 Å². The SMILES string of the molecule is O=S(=O)(Oc1ccc(OC(F)(F)F)c(Br)c1)C(F)(F)F. The Labute approximate surface area is 116 Å². The lowest BCUT2D eigenvalue weighted by Crippen LogP contribution is -2.28. The van der Waals surface area contributed by atoms with E-state index in [1.807, 2.05) is 0 Å². The lowest BCUT2D eigenvalue weighted by Gasteiger charge is -2.12. The topological polar surface area (TPSA) is 52.6 Å². The molecule has 20 heavy (non-hydrogen) atoms. The van der Waals surface area contributed by atoms with Crippen LogP contribution in [0.5, 0.6) is 11.5 Å². The van der Waals surface area contributed by atoms with Gasteiger partial charge in [0.25, 0.3) is 0 Å². The summed E-state index contributed by atoms with van der Waals surface area (Å²) in [5.74, 6) is -1.60. The molecule has 0 radical (unpaired) electrons. The van der Waals surface area contributed by atoms with Gasteiger partial charge in [0.15, 0.2) is 0 Å². The summed E-state index contributed by atoms with van der Waals surface area (Å²) in [6.45, 7) is 0. The van der Waals surface area contributed by atoms with Gasteiger partial charge in [-0.05, 0) is 34.1 Å². The van der Waals surface area contributed by atoms with Crippen molar-refractivity contribution in [3.63, 3.8) is 0 Å². The third kappa shape index (κ3) is 4.44. The molecule has 0 amide bonds. The molecule has 0 aliphatic heterocycles. The zero-order chi connectivity index (χ0) is 15.8. The fourth-order valence-electron chi connectivity index (χ4n) is 0.915. The van der Waals surface area contributed by atoms with Gasteiger partial charge < -0.3 is 8.92 Å². The number of halogens is 7. The van der Waals surface area contributed by atoms with Crippen molar-refractivity contribution in [2.45, 2.75) is 11.9 Å². The molecule has 114 valence electrons. The lowest BCUT2D eigenvalue weighted by molar-refractivity contribution is -0.274. The summed E-state index contributed by atoms with van der Waals surface area (Å²) in [5, 5.41) is 0. The minimum atomic E-state index is -5.90. The average Bonchev–Trinajstić information content (AvgIpc) is 2.18. The Morgan fingerprint density at radius 3 is 2.00 bits per heavy atom. The molecule has 0 spiro atoms. The molecule has 12 heteroatoms. The highest BCUT2D eigenvalue weighted by molar-refractivity contribution is 9.10. The summed E-state index contributed by atoms with van der Waals surface area (Å²) in [6.07, 6.45) is -5.01.